The molecule has 1 fully saturated rings. The zero-order valence-corrected chi connectivity index (χ0v) is 36.0. The predicted octanol–water partition coefficient (Wildman–Crippen LogP) is 9.08. The minimum absolute atomic E-state index is 0.0380. The summed E-state index contributed by atoms with van der Waals surface area (Å²) < 4.78 is 59.0. The maximum absolute atomic E-state index is 12.8. The maximum atomic E-state index is 12.8. The summed E-state index contributed by atoms with van der Waals surface area (Å²) in [5, 5.41) is 30.6. The lowest BCUT2D eigenvalue weighted by atomic mass is 9.99. The average Bonchev–Trinajstić information content (AvgIpc) is 3.17. The number of aliphatic hydroxyl groups is 3. The first-order chi connectivity index (χ1) is 27.1. The van der Waals surface area contributed by atoms with E-state index < -0.39 is 59.8 Å². The van der Waals surface area contributed by atoms with Crippen molar-refractivity contribution in [2.45, 2.75) is 230 Å². The summed E-state index contributed by atoms with van der Waals surface area (Å²) in [5.41, 5.74) is 0. The summed E-state index contributed by atoms with van der Waals surface area (Å²) in [7, 11) is -5.06. The molecule has 56 heavy (non-hydrogen) atoms. The van der Waals surface area contributed by atoms with Gasteiger partial charge in [-0.15, -0.1) is 0 Å². The van der Waals surface area contributed by atoms with E-state index in [1.165, 1.54) is 109 Å². The van der Waals surface area contributed by atoms with Crippen molar-refractivity contribution in [3.63, 3.8) is 0 Å². The molecule has 13 heteroatoms. The normalized spacial score (nSPS) is 20.9. The second kappa shape index (κ2) is 35.8. The van der Waals surface area contributed by atoms with E-state index in [0.717, 1.165) is 57.8 Å². The van der Waals surface area contributed by atoms with E-state index in [4.69, 9.17) is 23.5 Å². The smallest absolute Gasteiger partial charge is 0.397 e. The zero-order valence-electron chi connectivity index (χ0n) is 35.2. The molecule has 0 aliphatic carbocycles. The number of hydrogen-bond acceptors (Lipinski definition) is 11. The van der Waals surface area contributed by atoms with Gasteiger partial charge >= 0.3 is 16.4 Å². The second-order valence-corrected chi connectivity index (χ2v) is 16.7. The molecule has 0 spiro atoms. The van der Waals surface area contributed by atoms with Gasteiger partial charge in [0.1, 0.15) is 30.5 Å². The average molecular weight is 823 g/mol. The van der Waals surface area contributed by atoms with Crippen molar-refractivity contribution >= 4 is 16.4 Å². The van der Waals surface area contributed by atoms with Gasteiger partial charge in [0, 0.05) is 13.0 Å². The summed E-state index contributed by atoms with van der Waals surface area (Å²) in [4.78, 5) is 12.8. The van der Waals surface area contributed by atoms with E-state index >= 15 is 0 Å². The van der Waals surface area contributed by atoms with Crippen LogP contribution in [0.3, 0.4) is 0 Å². The van der Waals surface area contributed by atoms with Crippen molar-refractivity contribution in [3.8, 4) is 0 Å². The van der Waals surface area contributed by atoms with E-state index in [1.54, 1.807) is 0 Å². The molecule has 0 radical (unpaired) electrons. The molecule has 6 unspecified atom stereocenters. The molecule has 0 aromatic heterocycles. The van der Waals surface area contributed by atoms with Gasteiger partial charge < -0.3 is 34.3 Å². The molecule has 1 aliphatic rings. The highest BCUT2D eigenvalue weighted by atomic mass is 32.3. The van der Waals surface area contributed by atoms with Crippen LogP contribution in [0.25, 0.3) is 0 Å². The lowest BCUT2D eigenvalue weighted by molar-refractivity contribution is -0.301. The summed E-state index contributed by atoms with van der Waals surface area (Å²) >= 11 is 0. The number of esters is 1. The molecule has 0 bridgehead atoms. The van der Waals surface area contributed by atoms with Crippen molar-refractivity contribution < 1.29 is 56.2 Å². The summed E-state index contributed by atoms with van der Waals surface area (Å²) in [6.45, 7) is 3.99. The number of unbranched alkanes of at least 4 members (excludes halogenated alkanes) is 24. The number of allylic oxidation sites excluding steroid dienone is 2. The van der Waals surface area contributed by atoms with Gasteiger partial charge in [-0.05, 0) is 38.5 Å². The topological polar surface area (TPSA) is 178 Å². The van der Waals surface area contributed by atoms with Crippen LogP contribution in [0.4, 0.5) is 0 Å². The third-order valence-corrected chi connectivity index (χ3v) is 10.9. The van der Waals surface area contributed by atoms with Crippen LogP contribution in [0.2, 0.25) is 0 Å². The number of hydrogen-bond donors (Lipinski definition) is 4. The third-order valence-electron chi connectivity index (χ3n) is 10.4. The molecule has 12 nitrogen and oxygen atoms in total. The van der Waals surface area contributed by atoms with Crippen LogP contribution in [0.1, 0.15) is 194 Å². The Labute approximate surface area is 340 Å². The molecule has 0 aromatic carbocycles. The quantitative estimate of drug-likeness (QED) is 0.0200. The largest absolute Gasteiger partial charge is 0.457 e. The zero-order chi connectivity index (χ0) is 41.1. The predicted molar refractivity (Wildman–Crippen MR) is 221 cm³/mol. The highest BCUT2D eigenvalue weighted by Crippen LogP contribution is 2.26. The van der Waals surface area contributed by atoms with E-state index in [9.17, 15) is 28.5 Å². The molecule has 1 rings (SSSR count). The first-order valence-electron chi connectivity index (χ1n) is 22.4. The highest BCUT2D eigenvalue weighted by Gasteiger charge is 2.48. The fraction of sp³-hybridized carbons (Fsp3) is 0.930. The summed E-state index contributed by atoms with van der Waals surface area (Å²) in [6, 6.07) is 0. The fourth-order valence-electron chi connectivity index (χ4n) is 6.96. The number of carbonyl (C=O) groups excluding carboxylic acids is 1. The number of ether oxygens (including phenoxy) is 4. The van der Waals surface area contributed by atoms with Gasteiger partial charge in [-0.25, -0.2) is 4.18 Å². The standard InChI is InChI=1S/C43H82O12S/c1-3-5-7-9-11-13-15-17-18-19-20-22-24-26-28-30-32-39(45)53-37(35-51-33-31-29-27-25-23-21-16-14-12-10-8-6-4-2)36-52-43-41(47)42(55-56(48,49)50)40(46)38(34-44)54-43/h18-19,37-38,40-44,46-47H,3-17,20-36H2,1-2H3,(H,48,49,50)/b19-18-. The minimum Gasteiger partial charge on any atom is -0.457 e. The molecule has 1 heterocycles. The Bertz CT molecular complexity index is 1040. The van der Waals surface area contributed by atoms with Gasteiger partial charge in [-0.3, -0.25) is 9.35 Å². The monoisotopic (exact) mass is 823 g/mol. The molecular formula is C43H82O12S. The Morgan fingerprint density at radius 1 is 0.661 bits per heavy atom. The minimum atomic E-state index is -5.06. The van der Waals surface area contributed by atoms with Gasteiger partial charge in [0.2, 0.25) is 0 Å². The molecule has 1 aliphatic heterocycles. The molecule has 0 aromatic rings. The number of aliphatic hydroxyl groups excluding tert-OH is 3. The first kappa shape index (κ1) is 52.9. The van der Waals surface area contributed by atoms with Crippen LogP contribution in [0, 0.1) is 0 Å². The molecule has 6 atom stereocenters. The van der Waals surface area contributed by atoms with Crippen LogP contribution < -0.4 is 0 Å². The first-order valence-corrected chi connectivity index (χ1v) is 23.8. The Balaban J connectivity index is 2.44. The fourth-order valence-corrected chi connectivity index (χ4v) is 7.47. The molecule has 1 saturated heterocycles. The molecule has 4 N–H and O–H groups in total. The van der Waals surface area contributed by atoms with Gasteiger partial charge in [-0.2, -0.15) is 8.42 Å². The Morgan fingerprint density at radius 2 is 1.12 bits per heavy atom. The van der Waals surface area contributed by atoms with Crippen LogP contribution in [-0.2, 0) is 38.3 Å². The van der Waals surface area contributed by atoms with E-state index in [2.05, 4.69) is 30.2 Å². The van der Waals surface area contributed by atoms with Crippen LogP contribution in [0.15, 0.2) is 12.2 Å². The van der Waals surface area contributed by atoms with Gasteiger partial charge in [0.15, 0.2) is 6.29 Å². The SMILES string of the molecule is CCCCCCCCC/C=C\CCCCCCCC(=O)OC(COCCCCCCCCCCCCCCC)COC1OC(CO)C(O)C(OS(=O)(=O)O)C1O. The van der Waals surface area contributed by atoms with Crippen molar-refractivity contribution in [2.75, 3.05) is 26.4 Å². The van der Waals surface area contributed by atoms with Gasteiger partial charge in [-0.1, -0.05) is 161 Å². The molecule has 332 valence electrons. The number of rotatable bonds is 39. The van der Waals surface area contributed by atoms with E-state index in [0.29, 0.717) is 13.0 Å². The lowest BCUT2D eigenvalue weighted by Crippen LogP contribution is -2.60. The van der Waals surface area contributed by atoms with Gasteiger partial charge in [0.25, 0.3) is 0 Å². The Hall–Kier alpha value is -1.16. The maximum Gasteiger partial charge on any atom is 0.397 e. The molecule has 0 amide bonds. The van der Waals surface area contributed by atoms with E-state index in [1.807, 2.05) is 0 Å². The number of carbonyl (C=O) groups is 1. The van der Waals surface area contributed by atoms with E-state index in [-0.39, 0.29) is 19.6 Å². The van der Waals surface area contributed by atoms with Crippen molar-refractivity contribution in [2.24, 2.45) is 0 Å². The highest BCUT2D eigenvalue weighted by molar-refractivity contribution is 7.80. The summed E-state index contributed by atoms with van der Waals surface area (Å²) in [5.74, 6) is -0.405. The van der Waals surface area contributed by atoms with Crippen LogP contribution >= 0.6 is 0 Å². The Kier molecular flexibility index (Phi) is 33.7. The van der Waals surface area contributed by atoms with Crippen molar-refractivity contribution in [1.82, 2.24) is 0 Å². The van der Waals surface area contributed by atoms with Crippen LogP contribution in [-0.4, -0.2) is 97.5 Å². The van der Waals surface area contributed by atoms with Gasteiger partial charge in [0.05, 0.1) is 19.8 Å². The van der Waals surface area contributed by atoms with Crippen LogP contribution in [0.5, 0.6) is 0 Å². The lowest BCUT2D eigenvalue weighted by Gasteiger charge is -2.41. The summed E-state index contributed by atoms with van der Waals surface area (Å²) in [6.07, 6.45) is 28.1. The van der Waals surface area contributed by atoms with Crippen molar-refractivity contribution in [1.29, 1.82) is 0 Å². The Morgan fingerprint density at radius 3 is 1.61 bits per heavy atom. The molecular weight excluding hydrogens is 741 g/mol. The third kappa shape index (κ3) is 29.1. The second-order valence-electron chi connectivity index (χ2n) is 15.6. The molecule has 0 saturated carbocycles. The van der Waals surface area contributed by atoms with Crippen molar-refractivity contribution in [3.05, 3.63) is 12.2 Å².